The average molecular weight is 295 g/mol. The van der Waals surface area contributed by atoms with E-state index in [0.717, 1.165) is 29.4 Å². The maximum atomic E-state index is 6.03. The summed E-state index contributed by atoms with van der Waals surface area (Å²) in [6.45, 7) is 6.26. The van der Waals surface area contributed by atoms with Crippen molar-refractivity contribution < 1.29 is 4.74 Å². The number of aryl methyl sites for hydroxylation is 2. The van der Waals surface area contributed by atoms with Crippen LogP contribution in [0.2, 0.25) is 0 Å². The Morgan fingerprint density at radius 3 is 2.55 bits per heavy atom. The van der Waals surface area contributed by atoms with Crippen molar-refractivity contribution in [2.24, 2.45) is 4.99 Å². The number of anilines is 2. The van der Waals surface area contributed by atoms with Gasteiger partial charge >= 0.3 is 0 Å². The summed E-state index contributed by atoms with van der Waals surface area (Å²) < 4.78 is 6.03. The average Bonchev–Trinajstić information content (AvgIpc) is 2.45. The molecule has 2 aromatic rings. The molecule has 0 amide bonds. The number of fused-ring (bicyclic) bond motifs is 1. The Labute approximate surface area is 131 Å². The van der Waals surface area contributed by atoms with Crippen LogP contribution in [-0.4, -0.2) is 11.9 Å². The van der Waals surface area contributed by atoms with Crippen molar-refractivity contribution in [3.63, 3.8) is 0 Å². The second-order valence-corrected chi connectivity index (χ2v) is 5.74. The minimum absolute atomic E-state index is 0.0879. The molecule has 0 fully saturated rings. The molecule has 2 aromatic carbocycles. The van der Waals surface area contributed by atoms with Gasteiger partial charge in [-0.1, -0.05) is 13.0 Å². The number of benzene rings is 2. The van der Waals surface area contributed by atoms with Gasteiger partial charge < -0.3 is 15.8 Å². The molecular formula is C18H21N3O. The Bertz CT molecular complexity index is 717. The van der Waals surface area contributed by atoms with Gasteiger partial charge in [-0.3, -0.25) is 0 Å². The first-order chi connectivity index (χ1) is 10.5. The van der Waals surface area contributed by atoms with E-state index in [9.17, 15) is 0 Å². The summed E-state index contributed by atoms with van der Waals surface area (Å²) in [5.74, 6) is 1.59. The van der Waals surface area contributed by atoms with Crippen molar-refractivity contribution in [3.8, 4) is 5.75 Å². The first kappa shape index (κ1) is 14.4. The van der Waals surface area contributed by atoms with E-state index in [2.05, 4.69) is 44.3 Å². The molecule has 4 nitrogen and oxygen atoms in total. The lowest BCUT2D eigenvalue weighted by atomic mass is 10.1. The van der Waals surface area contributed by atoms with E-state index in [1.165, 1.54) is 11.1 Å². The molecule has 0 saturated heterocycles. The zero-order valence-corrected chi connectivity index (χ0v) is 13.2. The van der Waals surface area contributed by atoms with E-state index in [-0.39, 0.29) is 6.10 Å². The van der Waals surface area contributed by atoms with Crippen LogP contribution in [0.4, 0.5) is 17.1 Å². The lowest BCUT2D eigenvalue weighted by molar-refractivity contribution is 0.259. The predicted octanol–water partition coefficient (Wildman–Crippen LogP) is 4.20. The van der Waals surface area contributed by atoms with E-state index < -0.39 is 0 Å². The third kappa shape index (κ3) is 2.91. The predicted molar refractivity (Wildman–Crippen MR) is 92.2 cm³/mol. The Hall–Kier alpha value is -2.49. The number of hydrogen-bond acceptors (Lipinski definition) is 4. The van der Waals surface area contributed by atoms with E-state index >= 15 is 0 Å². The lowest BCUT2D eigenvalue weighted by Crippen LogP contribution is -2.34. The van der Waals surface area contributed by atoms with Gasteiger partial charge in [-0.05, 0) is 55.7 Å². The molecule has 22 heavy (non-hydrogen) atoms. The number of nitrogens with zero attached hydrogens (tertiary/aromatic N) is 1. The summed E-state index contributed by atoms with van der Waals surface area (Å²) in [6, 6.07) is 11.9. The van der Waals surface area contributed by atoms with Gasteiger partial charge in [-0.15, -0.1) is 0 Å². The van der Waals surface area contributed by atoms with Crippen LogP contribution in [0.5, 0.6) is 5.75 Å². The fraction of sp³-hybridized carbons (Fsp3) is 0.278. The molecule has 0 aromatic heterocycles. The summed E-state index contributed by atoms with van der Waals surface area (Å²) in [7, 11) is 0. The van der Waals surface area contributed by atoms with Crippen LogP contribution in [0, 0.1) is 13.8 Å². The van der Waals surface area contributed by atoms with Crippen LogP contribution < -0.4 is 15.8 Å². The highest BCUT2D eigenvalue weighted by Crippen LogP contribution is 2.35. The molecule has 3 N–H and O–H groups in total. The number of aliphatic imine (C=N–C) groups is 1. The third-order valence-corrected chi connectivity index (χ3v) is 3.66. The topological polar surface area (TPSA) is 59.6 Å². The quantitative estimate of drug-likeness (QED) is 0.816. The molecule has 0 aliphatic carbocycles. The summed E-state index contributed by atoms with van der Waals surface area (Å²) in [5, 5.41) is 3.41. The second-order valence-electron chi connectivity index (χ2n) is 5.74. The monoisotopic (exact) mass is 295 g/mol. The van der Waals surface area contributed by atoms with E-state index in [1.54, 1.807) is 0 Å². The van der Waals surface area contributed by atoms with Gasteiger partial charge in [0.25, 0.3) is 0 Å². The second kappa shape index (κ2) is 5.72. The minimum Gasteiger partial charge on any atom is -0.480 e. The molecule has 114 valence electrons. The molecular weight excluding hydrogens is 274 g/mol. The van der Waals surface area contributed by atoms with Crippen LogP contribution >= 0.6 is 0 Å². The van der Waals surface area contributed by atoms with E-state index in [1.807, 2.05) is 18.2 Å². The number of ether oxygens (including phenoxy) is 1. The molecule has 4 heteroatoms. The largest absolute Gasteiger partial charge is 0.480 e. The smallest absolute Gasteiger partial charge is 0.156 e. The number of nitrogens with two attached hydrogens (primary N) is 1. The maximum absolute atomic E-state index is 6.03. The van der Waals surface area contributed by atoms with Gasteiger partial charge in [-0.2, -0.15) is 0 Å². The van der Waals surface area contributed by atoms with Crippen molar-refractivity contribution in [2.45, 2.75) is 33.3 Å². The van der Waals surface area contributed by atoms with Crippen LogP contribution in [0.1, 0.15) is 24.5 Å². The summed E-state index contributed by atoms with van der Waals surface area (Å²) in [5.41, 5.74) is 10.8. The molecule has 1 unspecified atom stereocenters. The molecule has 1 aliphatic rings. The van der Waals surface area contributed by atoms with Gasteiger partial charge in [0.1, 0.15) is 17.3 Å². The first-order valence-corrected chi connectivity index (χ1v) is 7.55. The highest BCUT2D eigenvalue weighted by atomic mass is 16.5. The van der Waals surface area contributed by atoms with Crippen LogP contribution in [0.25, 0.3) is 0 Å². The minimum atomic E-state index is -0.0879. The molecule has 0 spiro atoms. The highest BCUT2D eigenvalue weighted by molar-refractivity contribution is 6.02. The summed E-state index contributed by atoms with van der Waals surface area (Å²) >= 11 is 0. The van der Waals surface area contributed by atoms with Crippen molar-refractivity contribution in [1.29, 1.82) is 0 Å². The fourth-order valence-electron chi connectivity index (χ4n) is 2.71. The fourth-order valence-corrected chi connectivity index (χ4v) is 2.71. The zero-order chi connectivity index (χ0) is 15.7. The first-order valence-electron chi connectivity index (χ1n) is 7.55. The van der Waals surface area contributed by atoms with Gasteiger partial charge in [-0.25, -0.2) is 4.99 Å². The van der Waals surface area contributed by atoms with E-state index in [0.29, 0.717) is 5.69 Å². The normalized spacial score (nSPS) is 16.5. The molecule has 3 rings (SSSR count). The van der Waals surface area contributed by atoms with Gasteiger partial charge in [0.2, 0.25) is 0 Å². The number of nitrogens with one attached hydrogen (secondary N) is 1. The van der Waals surface area contributed by atoms with Crippen molar-refractivity contribution in [1.82, 2.24) is 0 Å². The summed E-state index contributed by atoms with van der Waals surface area (Å²) in [4.78, 5) is 4.72. The zero-order valence-electron chi connectivity index (χ0n) is 13.2. The Balaban J connectivity index is 1.95. The molecule has 0 bridgehead atoms. The molecule has 0 radical (unpaired) electrons. The van der Waals surface area contributed by atoms with Crippen LogP contribution in [-0.2, 0) is 0 Å². The number of hydrogen-bond donors (Lipinski definition) is 2. The molecule has 1 aliphatic heterocycles. The van der Waals surface area contributed by atoms with Crippen molar-refractivity contribution >= 4 is 22.9 Å². The molecule has 1 atom stereocenters. The van der Waals surface area contributed by atoms with E-state index in [4.69, 9.17) is 15.5 Å². The standard InChI is InChI=1S/C18H21N3O/c1-4-16-18(20-14-8-11(2)7-12(3)9-14)21-15-6-5-13(19)10-17(15)22-16/h5-10,16H,4,19H2,1-3H3,(H,20,21). The van der Waals surface area contributed by atoms with Crippen molar-refractivity contribution in [2.75, 3.05) is 11.1 Å². The highest BCUT2D eigenvalue weighted by Gasteiger charge is 2.23. The number of nitrogen functional groups attached to an aromatic ring is 1. The molecule has 0 saturated carbocycles. The van der Waals surface area contributed by atoms with Crippen LogP contribution in [0.15, 0.2) is 41.4 Å². The Kier molecular flexibility index (Phi) is 3.75. The summed E-state index contributed by atoms with van der Waals surface area (Å²) in [6.07, 6.45) is 0.750. The molecule has 1 heterocycles. The van der Waals surface area contributed by atoms with Crippen molar-refractivity contribution in [3.05, 3.63) is 47.5 Å². The SMILES string of the molecule is CCC1Oc2cc(N)ccc2N=C1Nc1cc(C)cc(C)c1. The number of amidine groups is 1. The Morgan fingerprint density at radius 1 is 1.14 bits per heavy atom. The Morgan fingerprint density at radius 2 is 1.86 bits per heavy atom. The van der Waals surface area contributed by atoms with Gasteiger partial charge in [0.15, 0.2) is 6.10 Å². The number of rotatable bonds is 2. The lowest BCUT2D eigenvalue weighted by Gasteiger charge is -2.26. The van der Waals surface area contributed by atoms with Gasteiger partial charge in [0.05, 0.1) is 0 Å². The maximum Gasteiger partial charge on any atom is 0.156 e. The van der Waals surface area contributed by atoms with Crippen LogP contribution in [0.3, 0.4) is 0 Å². The van der Waals surface area contributed by atoms with Gasteiger partial charge in [0, 0.05) is 17.4 Å². The third-order valence-electron chi connectivity index (χ3n) is 3.66.